The monoisotopic (exact) mass is 450 g/mol. The topological polar surface area (TPSA) is 79.5 Å². The van der Waals surface area contributed by atoms with Gasteiger partial charge in [0.2, 0.25) is 5.95 Å². The average molecular weight is 450 g/mol. The largest absolute Gasteiger partial charge is 0.493 e. The SMILES string of the molecule is COc1cc2nc(N(C)Cc3cccc(CNCC(F)(F)F)c3)[nH]c(=O)c2c(C)c1OC. The lowest BCUT2D eigenvalue weighted by Gasteiger charge is -2.19. The first-order chi connectivity index (χ1) is 15.1. The van der Waals surface area contributed by atoms with E-state index in [1.807, 2.05) is 12.1 Å². The number of fused-ring (bicyclic) bond motifs is 1. The maximum atomic E-state index is 12.8. The molecule has 1 aromatic heterocycles. The summed E-state index contributed by atoms with van der Waals surface area (Å²) in [7, 11) is 4.79. The Hall–Kier alpha value is -3.27. The van der Waals surface area contributed by atoms with Crippen molar-refractivity contribution in [1.82, 2.24) is 15.3 Å². The van der Waals surface area contributed by atoms with Crippen molar-refractivity contribution < 1.29 is 22.6 Å². The first kappa shape index (κ1) is 23.4. The first-order valence-corrected chi connectivity index (χ1v) is 9.85. The minimum absolute atomic E-state index is 0.100. The van der Waals surface area contributed by atoms with E-state index in [9.17, 15) is 18.0 Å². The molecule has 0 fully saturated rings. The number of anilines is 1. The second-order valence-corrected chi connectivity index (χ2v) is 7.42. The van der Waals surface area contributed by atoms with Gasteiger partial charge in [0.25, 0.3) is 5.56 Å². The molecule has 2 N–H and O–H groups in total. The molecule has 3 aromatic rings. The van der Waals surface area contributed by atoms with E-state index in [1.54, 1.807) is 37.1 Å². The van der Waals surface area contributed by atoms with E-state index in [2.05, 4.69) is 15.3 Å². The molecule has 10 heteroatoms. The van der Waals surface area contributed by atoms with Crippen LogP contribution in [0, 0.1) is 6.92 Å². The average Bonchev–Trinajstić information content (AvgIpc) is 2.72. The van der Waals surface area contributed by atoms with Gasteiger partial charge in [0.05, 0.1) is 31.7 Å². The van der Waals surface area contributed by atoms with Crippen LogP contribution >= 0.6 is 0 Å². The highest BCUT2D eigenvalue weighted by atomic mass is 19.4. The second-order valence-electron chi connectivity index (χ2n) is 7.42. The molecule has 0 spiro atoms. The molecule has 0 saturated heterocycles. The van der Waals surface area contributed by atoms with Crippen LogP contribution in [0.25, 0.3) is 10.9 Å². The van der Waals surface area contributed by atoms with Crippen molar-refractivity contribution >= 4 is 16.9 Å². The zero-order valence-corrected chi connectivity index (χ0v) is 18.3. The summed E-state index contributed by atoms with van der Waals surface area (Å²) in [5, 5.41) is 2.80. The number of methoxy groups -OCH3 is 2. The number of alkyl halides is 3. The Morgan fingerprint density at radius 1 is 1.16 bits per heavy atom. The lowest BCUT2D eigenvalue weighted by atomic mass is 10.1. The number of H-pyrrole nitrogens is 1. The van der Waals surface area contributed by atoms with Gasteiger partial charge in [0.1, 0.15) is 0 Å². The normalized spacial score (nSPS) is 11.6. The number of aryl methyl sites for hydroxylation is 1. The molecule has 3 rings (SSSR count). The predicted molar refractivity (Wildman–Crippen MR) is 117 cm³/mol. The van der Waals surface area contributed by atoms with Crippen molar-refractivity contribution in [2.45, 2.75) is 26.2 Å². The number of benzene rings is 2. The highest BCUT2D eigenvalue weighted by molar-refractivity contribution is 5.86. The molecular weight excluding hydrogens is 425 g/mol. The third-order valence-electron chi connectivity index (χ3n) is 4.99. The molecule has 0 aliphatic carbocycles. The molecule has 0 aliphatic rings. The fourth-order valence-corrected chi connectivity index (χ4v) is 3.55. The van der Waals surface area contributed by atoms with E-state index in [4.69, 9.17) is 9.47 Å². The fourth-order valence-electron chi connectivity index (χ4n) is 3.55. The lowest BCUT2D eigenvalue weighted by Crippen LogP contribution is -2.28. The summed E-state index contributed by atoms with van der Waals surface area (Å²) in [5.74, 6) is 1.31. The fraction of sp³-hybridized carbons (Fsp3) is 0.364. The van der Waals surface area contributed by atoms with Crippen LogP contribution in [0.4, 0.5) is 19.1 Å². The molecule has 172 valence electrons. The quantitative estimate of drug-likeness (QED) is 0.547. The van der Waals surface area contributed by atoms with Crippen molar-refractivity contribution in [2.75, 3.05) is 32.7 Å². The zero-order chi connectivity index (χ0) is 23.5. The van der Waals surface area contributed by atoms with Gasteiger partial charge in [-0.15, -0.1) is 0 Å². The van der Waals surface area contributed by atoms with Crippen LogP contribution < -0.4 is 25.2 Å². The van der Waals surface area contributed by atoms with Gasteiger partial charge < -0.3 is 19.7 Å². The summed E-state index contributed by atoms with van der Waals surface area (Å²) < 4.78 is 47.7. The highest BCUT2D eigenvalue weighted by Gasteiger charge is 2.26. The lowest BCUT2D eigenvalue weighted by molar-refractivity contribution is -0.125. The summed E-state index contributed by atoms with van der Waals surface area (Å²) in [5.41, 5.74) is 2.39. The van der Waals surface area contributed by atoms with Gasteiger partial charge >= 0.3 is 6.18 Å². The van der Waals surface area contributed by atoms with Crippen LogP contribution in [0.15, 0.2) is 35.1 Å². The third kappa shape index (κ3) is 5.31. The van der Waals surface area contributed by atoms with Crippen LogP contribution in [0.1, 0.15) is 16.7 Å². The molecule has 0 aliphatic heterocycles. The van der Waals surface area contributed by atoms with Gasteiger partial charge in [-0.1, -0.05) is 24.3 Å². The number of aromatic nitrogens is 2. The molecule has 0 amide bonds. The Labute approximate surface area is 183 Å². The Morgan fingerprint density at radius 3 is 2.53 bits per heavy atom. The maximum Gasteiger partial charge on any atom is 0.401 e. The van der Waals surface area contributed by atoms with Crippen LogP contribution in [-0.4, -0.2) is 44.0 Å². The molecule has 0 atom stereocenters. The second kappa shape index (κ2) is 9.47. The molecule has 2 aromatic carbocycles. The maximum absolute atomic E-state index is 12.8. The number of nitrogens with one attached hydrogen (secondary N) is 2. The Morgan fingerprint density at radius 2 is 1.88 bits per heavy atom. The van der Waals surface area contributed by atoms with Crippen molar-refractivity contribution in [3.63, 3.8) is 0 Å². The molecule has 0 unspecified atom stereocenters. The van der Waals surface area contributed by atoms with Gasteiger partial charge in [-0.3, -0.25) is 9.78 Å². The molecule has 0 bridgehead atoms. The standard InChI is InChI=1S/C22H25F3N4O3/c1-13-18-16(9-17(31-3)19(13)32-4)27-21(28-20(18)30)29(2)11-15-7-5-6-14(8-15)10-26-12-22(23,24)25/h5-9,26H,10-12H2,1-4H3,(H,27,28,30). The van der Waals surface area contributed by atoms with Gasteiger partial charge in [-0.25, -0.2) is 4.98 Å². The van der Waals surface area contributed by atoms with Gasteiger partial charge in [0.15, 0.2) is 11.5 Å². The van der Waals surface area contributed by atoms with Crippen molar-refractivity contribution in [3.8, 4) is 11.5 Å². The van der Waals surface area contributed by atoms with Crippen LogP contribution in [-0.2, 0) is 13.1 Å². The molecular formula is C22H25F3N4O3. The molecule has 0 saturated carbocycles. The zero-order valence-electron chi connectivity index (χ0n) is 18.3. The van der Waals surface area contributed by atoms with Crippen LogP contribution in [0.3, 0.4) is 0 Å². The number of hydrogen-bond acceptors (Lipinski definition) is 6. The third-order valence-corrected chi connectivity index (χ3v) is 4.99. The summed E-state index contributed by atoms with van der Waals surface area (Å²) in [6, 6.07) is 8.87. The smallest absolute Gasteiger partial charge is 0.401 e. The number of halogens is 3. The van der Waals surface area contributed by atoms with E-state index in [0.29, 0.717) is 40.5 Å². The summed E-state index contributed by atoms with van der Waals surface area (Å²) in [4.78, 5) is 21.9. The van der Waals surface area contributed by atoms with E-state index in [0.717, 1.165) is 11.1 Å². The van der Waals surface area contributed by atoms with Crippen LogP contribution in [0.2, 0.25) is 0 Å². The van der Waals surface area contributed by atoms with Gasteiger partial charge in [-0.05, 0) is 18.1 Å². The molecule has 1 heterocycles. The molecule has 0 radical (unpaired) electrons. The summed E-state index contributed by atoms with van der Waals surface area (Å²) in [6.45, 7) is 1.21. The number of rotatable bonds is 8. The van der Waals surface area contributed by atoms with Crippen molar-refractivity contribution in [1.29, 1.82) is 0 Å². The van der Waals surface area contributed by atoms with Gasteiger partial charge in [0, 0.05) is 31.8 Å². The number of nitrogens with zero attached hydrogens (tertiary/aromatic N) is 2. The predicted octanol–water partition coefficient (Wildman–Crippen LogP) is 3.54. The van der Waals surface area contributed by atoms with E-state index in [-0.39, 0.29) is 12.1 Å². The Balaban J connectivity index is 1.84. The number of aromatic amines is 1. The van der Waals surface area contributed by atoms with Gasteiger partial charge in [-0.2, -0.15) is 13.2 Å². The van der Waals surface area contributed by atoms with Crippen LogP contribution in [0.5, 0.6) is 11.5 Å². The Bertz CT molecular complexity index is 1160. The van der Waals surface area contributed by atoms with E-state index < -0.39 is 12.7 Å². The number of ether oxygens (including phenoxy) is 2. The van der Waals surface area contributed by atoms with Crippen molar-refractivity contribution in [2.24, 2.45) is 0 Å². The summed E-state index contributed by atoms with van der Waals surface area (Å²) in [6.07, 6.45) is -4.25. The van der Waals surface area contributed by atoms with E-state index >= 15 is 0 Å². The highest BCUT2D eigenvalue weighted by Crippen LogP contribution is 2.35. The number of hydrogen-bond donors (Lipinski definition) is 2. The molecule has 7 nitrogen and oxygen atoms in total. The molecule has 32 heavy (non-hydrogen) atoms. The minimum Gasteiger partial charge on any atom is -0.493 e. The Kier molecular flexibility index (Phi) is 6.93. The first-order valence-electron chi connectivity index (χ1n) is 9.85. The summed E-state index contributed by atoms with van der Waals surface area (Å²) >= 11 is 0. The van der Waals surface area contributed by atoms with E-state index in [1.165, 1.54) is 14.2 Å². The minimum atomic E-state index is -4.25. The van der Waals surface area contributed by atoms with Crippen molar-refractivity contribution in [3.05, 3.63) is 57.4 Å².